The molecule has 0 heterocycles. The number of rotatable bonds is 5. The Labute approximate surface area is 101 Å². The second kappa shape index (κ2) is 5.19. The zero-order valence-corrected chi connectivity index (χ0v) is 10.4. The standard InChI is InChI=1S/C13H19NO3/c1-9(14)10-5-4-6-11(7-10)17-8-13(2,3)12(15)16/h4-7,9H,8,14H2,1-3H3,(H,15,16). The molecule has 0 aliphatic carbocycles. The van der Waals surface area contributed by atoms with Gasteiger partial charge in [0.1, 0.15) is 12.4 Å². The first-order valence-corrected chi connectivity index (χ1v) is 5.54. The monoisotopic (exact) mass is 237 g/mol. The SMILES string of the molecule is CC(N)c1cccc(OCC(C)(C)C(=O)O)c1. The van der Waals surface area contributed by atoms with Crippen LogP contribution in [0.25, 0.3) is 0 Å². The maximum Gasteiger partial charge on any atom is 0.312 e. The molecule has 4 nitrogen and oxygen atoms in total. The third kappa shape index (κ3) is 3.75. The molecule has 0 aliphatic rings. The Morgan fingerprint density at radius 2 is 2.18 bits per heavy atom. The van der Waals surface area contributed by atoms with Crippen LogP contribution < -0.4 is 10.5 Å². The summed E-state index contributed by atoms with van der Waals surface area (Å²) in [7, 11) is 0. The molecule has 17 heavy (non-hydrogen) atoms. The molecule has 0 saturated carbocycles. The van der Waals surface area contributed by atoms with Gasteiger partial charge < -0.3 is 15.6 Å². The minimum atomic E-state index is -0.898. The minimum Gasteiger partial charge on any atom is -0.492 e. The highest BCUT2D eigenvalue weighted by Crippen LogP contribution is 2.21. The van der Waals surface area contributed by atoms with Gasteiger partial charge in [-0.3, -0.25) is 4.79 Å². The van der Waals surface area contributed by atoms with Crippen LogP contribution in [-0.2, 0) is 4.79 Å². The fourth-order valence-corrected chi connectivity index (χ4v) is 1.21. The molecule has 4 heteroatoms. The van der Waals surface area contributed by atoms with E-state index in [1.165, 1.54) is 0 Å². The number of carboxylic acids is 1. The maximum atomic E-state index is 10.9. The molecule has 0 bridgehead atoms. The van der Waals surface area contributed by atoms with E-state index in [-0.39, 0.29) is 12.6 Å². The summed E-state index contributed by atoms with van der Waals surface area (Å²) < 4.78 is 5.49. The van der Waals surface area contributed by atoms with Gasteiger partial charge in [-0.15, -0.1) is 0 Å². The lowest BCUT2D eigenvalue weighted by Gasteiger charge is -2.20. The van der Waals surface area contributed by atoms with E-state index in [2.05, 4.69) is 0 Å². The Kier molecular flexibility index (Phi) is 4.12. The summed E-state index contributed by atoms with van der Waals surface area (Å²) in [4.78, 5) is 10.9. The molecule has 1 aromatic rings. The highest BCUT2D eigenvalue weighted by Gasteiger charge is 2.28. The van der Waals surface area contributed by atoms with Crippen LogP contribution in [0.1, 0.15) is 32.4 Å². The first-order chi connectivity index (χ1) is 7.83. The Hall–Kier alpha value is -1.55. The Morgan fingerprint density at radius 1 is 1.53 bits per heavy atom. The molecule has 1 rings (SSSR count). The average molecular weight is 237 g/mol. The van der Waals surface area contributed by atoms with Gasteiger partial charge in [-0.2, -0.15) is 0 Å². The Bertz CT molecular complexity index is 399. The van der Waals surface area contributed by atoms with Crippen LogP contribution in [0.3, 0.4) is 0 Å². The van der Waals surface area contributed by atoms with Gasteiger partial charge in [0.15, 0.2) is 0 Å². The number of ether oxygens (including phenoxy) is 1. The van der Waals surface area contributed by atoms with E-state index < -0.39 is 11.4 Å². The topological polar surface area (TPSA) is 72.5 Å². The summed E-state index contributed by atoms with van der Waals surface area (Å²) in [6.45, 7) is 5.28. The van der Waals surface area contributed by atoms with Crippen molar-refractivity contribution in [3.63, 3.8) is 0 Å². The van der Waals surface area contributed by atoms with Crippen molar-refractivity contribution in [1.29, 1.82) is 0 Å². The van der Waals surface area contributed by atoms with Gasteiger partial charge in [0, 0.05) is 6.04 Å². The first kappa shape index (κ1) is 13.5. The Balaban J connectivity index is 2.70. The third-order valence-corrected chi connectivity index (χ3v) is 2.56. The molecule has 0 aliphatic heterocycles. The summed E-state index contributed by atoms with van der Waals surface area (Å²) in [5, 5.41) is 8.96. The van der Waals surface area contributed by atoms with E-state index >= 15 is 0 Å². The van der Waals surface area contributed by atoms with Crippen LogP contribution in [0.5, 0.6) is 5.75 Å². The lowest BCUT2D eigenvalue weighted by Crippen LogP contribution is -2.30. The molecule has 0 radical (unpaired) electrons. The van der Waals surface area contributed by atoms with E-state index in [9.17, 15) is 4.79 Å². The van der Waals surface area contributed by atoms with Gasteiger partial charge in [-0.25, -0.2) is 0 Å². The molecule has 0 spiro atoms. The van der Waals surface area contributed by atoms with Crippen molar-refractivity contribution < 1.29 is 14.6 Å². The smallest absolute Gasteiger partial charge is 0.312 e. The molecule has 94 valence electrons. The molecule has 0 aromatic heterocycles. The van der Waals surface area contributed by atoms with Crippen molar-refractivity contribution in [3.05, 3.63) is 29.8 Å². The molecule has 1 aromatic carbocycles. The summed E-state index contributed by atoms with van der Waals surface area (Å²) in [6, 6.07) is 7.33. The second-order valence-corrected chi connectivity index (χ2v) is 4.84. The molecular weight excluding hydrogens is 218 g/mol. The maximum absolute atomic E-state index is 10.9. The molecule has 1 atom stereocenters. The van der Waals surface area contributed by atoms with Gasteiger partial charge in [0.25, 0.3) is 0 Å². The van der Waals surface area contributed by atoms with Crippen molar-refractivity contribution in [2.75, 3.05) is 6.61 Å². The molecule has 1 unspecified atom stereocenters. The largest absolute Gasteiger partial charge is 0.492 e. The number of carboxylic acid groups (broad SMARTS) is 1. The number of benzene rings is 1. The summed E-state index contributed by atoms with van der Waals surface area (Å²) >= 11 is 0. The van der Waals surface area contributed by atoms with Crippen LogP contribution in [0.15, 0.2) is 24.3 Å². The quantitative estimate of drug-likeness (QED) is 0.823. The number of aliphatic carboxylic acids is 1. The minimum absolute atomic E-state index is 0.0639. The predicted molar refractivity (Wildman–Crippen MR) is 66.0 cm³/mol. The van der Waals surface area contributed by atoms with Crippen LogP contribution >= 0.6 is 0 Å². The van der Waals surface area contributed by atoms with Crippen molar-refractivity contribution in [2.45, 2.75) is 26.8 Å². The van der Waals surface area contributed by atoms with Gasteiger partial charge in [0.05, 0.1) is 5.41 Å². The van der Waals surface area contributed by atoms with E-state index in [1.807, 2.05) is 25.1 Å². The lowest BCUT2D eigenvalue weighted by atomic mass is 9.95. The van der Waals surface area contributed by atoms with Gasteiger partial charge in [-0.1, -0.05) is 12.1 Å². The number of nitrogens with two attached hydrogens (primary N) is 1. The van der Waals surface area contributed by atoms with E-state index in [1.54, 1.807) is 19.9 Å². The van der Waals surface area contributed by atoms with Crippen molar-refractivity contribution in [2.24, 2.45) is 11.1 Å². The molecule has 0 amide bonds. The van der Waals surface area contributed by atoms with Crippen LogP contribution in [0, 0.1) is 5.41 Å². The number of carbonyl (C=O) groups is 1. The molecule has 3 N–H and O–H groups in total. The fourth-order valence-electron chi connectivity index (χ4n) is 1.21. The first-order valence-electron chi connectivity index (χ1n) is 5.54. The fraction of sp³-hybridized carbons (Fsp3) is 0.462. The van der Waals surface area contributed by atoms with Crippen molar-refractivity contribution in [3.8, 4) is 5.75 Å². The van der Waals surface area contributed by atoms with Crippen molar-refractivity contribution in [1.82, 2.24) is 0 Å². The summed E-state index contributed by atoms with van der Waals surface area (Å²) in [5.74, 6) is -0.227. The van der Waals surface area contributed by atoms with E-state index in [0.717, 1.165) is 5.56 Å². The van der Waals surface area contributed by atoms with Crippen LogP contribution in [0.2, 0.25) is 0 Å². The number of hydrogen-bond acceptors (Lipinski definition) is 3. The number of hydrogen-bond donors (Lipinski definition) is 2. The average Bonchev–Trinajstić information content (AvgIpc) is 2.26. The second-order valence-electron chi connectivity index (χ2n) is 4.84. The van der Waals surface area contributed by atoms with Gasteiger partial charge in [0.2, 0.25) is 0 Å². The molecular formula is C13H19NO3. The summed E-state index contributed by atoms with van der Waals surface area (Å²) in [5.41, 5.74) is 5.83. The van der Waals surface area contributed by atoms with Crippen molar-refractivity contribution >= 4 is 5.97 Å². The zero-order valence-electron chi connectivity index (χ0n) is 10.4. The molecule has 0 fully saturated rings. The lowest BCUT2D eigenvalue weighted by molar-refractivity contribution is -0.148. The normalized spacial score (nSPS) is 13.2. The highest BCUT2D eigenvalue weighted by atomic mass is 16.5. The van der Waals surface area contributed by atoms with Crippen LogP contribution in [-0.4, -0.2) is 17.7 Å². The zero-order chi connectivity index (χ0) is 13.1. The predicted octanol–water partition coefficient (Wildman–Crippen LogP) is 2.20. The van der Waals surface area contributed by atoms with E-state index in [0.29, 0.717) is 5.75 Å². The highest BCUT2D eigenvalue weighted by molar-refractivity contribution is 5.73. The van der Waals surface area contributed by atoms with Gasteiger partial charge in [-0.05, 0) is 38.5 Å². The third-order valence-electron chi connectivity index (χ3n) is 2.56. The Morgan fingerprint density at radius 3 is 2.71 bits per heavy atom. The van der Waals surface area contributed by atoms with Gasteiger partial charge >= 0.3 is 5.97 Å². The van der Waals surface area contributed by atoms with E-state index in [4.69, 9.17) is 15.6 Å². The summed E-state index contributed by atoms with van der Waals surface area (Å²) in [6.07, 6.45) is 0. The van der Waals surface area contributed by atoms with Crippen LogP contribution in [0.4, 0.5) is 0 Å². The molecule has 0 saturated heterocycles.